The maximum Gasteiger partial charge on any atom is 0.271 e. The normalized spacial score (nSPS) is 15.8. The first-order valence-corrected chi connectivity index (χ1v) is 4.58. The van der Waals surface area contributed by atoms with Crippen LogP contribution in [-0.2, 0) is 0 Å². The second-order valence-corrected chi connectivity index (χ2v) is 3.42. The van der Waals surface area contributed by atoms with Crippen molar-refractivity contribution in [2.75, 3.05) is 18.4 Å². The van der Waals surface area contributed by atoms with Crippen molar-refractivity contribution < 1.29 is 9.31 Å². The van der Waals surface area contributed by atoms with Crippen LogP contribution in [0.3, 0.4) is 0 Å². The van der Waals surface area contributed by atoms with Crippen molar-refractivity contribution in [2.24, 2.45) is 0 Å². The molecule has 5 nitrogen and oxygen atoms in total. The number of halogens is 1. The Bertz CT molecular complexity index is 393. The van der Waals surface area contributed by atoms with E-state index in [1.807, 2.05) is 0 Å². The van der Waals surface area contributed by atoms with Crippen molar-refractivity contribution >= 4 is 11.4 Å². The summed E-state index contributed by atoms with van der Waals surface area (Å²) in [6, 6.07) is 3.63. The molecule has 0 unspecified atom stereocenters. The average molecular weight is 211 g/mol. The summed E-state index contributed by atoms with van der Waals surface area (Å²) in [7, 11) is 0. The van der Waals surface area contributed by atoms with Crippen LogP contribution in [0, 0.1) is 15.9 Å². The minimum Gasteiger partial charge on any atom is -0.377 e. The van der Waals surface area contributed by atoms with E-state index >= 15 is 0 Å². The predicted molar refractivity (Wildman–Crippen MR) is 53.3 cm³/mol. The second kappa shape index (κ2) is 3.82. The molecule has 0 aromatic heterocycles. The number of nitrogens with one attached hydrogen (secondary N) is 2. The number of nitrogens with zero attached hydrogens (tertiary/aromatic N) is 1. The van der Waals surface area contributed by atoms with E-state index in [0.717, 1.165) is 25.2 Å². The number of hydrogen-bond acceptors (Lipinski definition) is 4. The van der Waals surface area contributed by atoms with Crippen LogP contribution in [0.25, 0.3) is 0 Å². The summed E-state index contributed by atoms with van der Waals surface area (Å²) < 4.78 is 13.2. The van der Waals surface area contributed by atoms with Crippen LogP contribution in [0.5, 0.6) is 0 Å². The molecule has 1 heterocycles. The van der Waals surface area contributed by atoms with Gasteiger partial charge in [0.1, 0.15) is 5.82 Å². The molecule has 0 radical (unpaired) electrons. The van der Waals surface area contributed by atoms with Crippen molar-refractivity contribution in [1.82, 2.24) is 5.32 Å². The summed E-state index contributed by atoms with van der Waals surface area (Å²) in [5.74, 6) is -0.465. The van der Waals surface area contributed by atoms with E-state index in [-0.39, 0.29) is 17.4 Å². The van der Waals surface area contributed by atoms with Crippen LogP contribution in [0.1, 0.15) is 0 Å². The SMILES string of the molecule is O=[N+]([O-])c1ccc(F)c(NC2CNC2)c1. The zero-order chi connectivity index (χ0) is 10.8. The first-order valence-electron chi connectivity index (χ1n) is 4.58. The summed E-state index contributed by atoms with van der Waals surface area (Å²) in [6.07, 6.45) is 0. The maximum atomic E-state index is 13.2. The van der Waals surface area contributed by atoms with Crippen LogP contribution in [-0.4, -0.2) is 24.1 Å². The Morgan fingerprint density at radius 2 is 2.27 bits per heavy atom. The maximum absolute atomic E-state index is 13.2. The van der Waals surface area contributed by atoms with E-state index in [9.17, 15) is 14.5 Å². The lowest BCUT2D eigenvalue weighted by Crippen LogP contribution is -2.51. The summed E-state index contributed by atoms with van der Waals surface area (Å²) in [5, 5.41) is 16.4. The van der Waals surface area contributed by atoms with Crippen LogP contribution in [0.15, 0.2) is 18.2 Å². The van der Waals surface area contributed by atoms with E-state index < -0.39 is 10.7 Å². The molecule has 0 aliphatic carbocycles. The molecule has 0 saturated carbocycles. The minimum absolute atomic E-state index is 0.105. The third-order valence-corrected chi connectivity index (χ3v) is 2.30. The monoisotopic (exact) mass is 211 g/mol. The molecule has 2 N–H and O–H groups in total. The molecule has 0 amide bonds. The fraction of sp³-hybridized carbons (Fsp3) is 0.333. The predicted octanol–water partition coefficient (Wildman–Crippen LogP) is 1.12. The van der Waals surface area contributed by atoms with Gasteiger partial charge >= 0.3 is 0 Å². The molecule has 6 heteroatoms. The van der Waals surface area contributed by atoms with Crippen LogP contribution in [0.2, 0.25) is 0 Å². The van der Waals surface area contributed by atoms with Gasteiger partial charge in [0, 0.05) is 25.2 Å². The average Bonchev–Trinajstić information content (AvgIpc) is 2.13. The number of rotatable bonds is 3. The zero-order valence-electron chi connectivity index (χ0n) is 7.87. The quantitative estimate of drug-likeness (QED) is 0.580. The van der Waals surface area contributed by atoms with Gasteiger partial charge in [0.15, 0.2) is 0 Å². The fourth-order valence-corrected chi connectivity index (χ4v) is 1.35. The highest BCUT2D eigenvalue weighted by atomic mass is 19.1. The Labute approximate surface area is 85.4 Å². The van der Waals surface area contributed by atoms with Crippen LogP contribution >= 0.6 is 0 Å². The first kappa shape index (κ1) is 9.85. The van der Waals surface area contributed by atoms with Gasteiger partial charge in [0.25, 0.3) is 5.69 Å². The smallest absolute Gasteiger partial charge is 0.271 e. The molecule has 15 heavy (non-hydrogen) atoms. The Morgan fingerprint density at radius 3 is 2.80 bits per heavy atom. The van der Waals surface area contributed by atoms with Gasteiger partial charge in [-0.05, 0) is 6.07 Å². The molecule has 1 aromatic carbocycles. The van der Waals surface area contributed by atoms with Crippen molar-refractivity contribution in [3.05, 3.63) is 34.1 Å². The van der Waals surface area contributed by atoms with Gasteiger partial charge in [0.05, 0.1) is 16.7 Å². The van der Waals surface area contributed by atoms with Gasteiger partial charge in [-0.25, -0.2) is 4.39 Å². The third kappa shape index (κ3) is 2.04. The van der Waals surface area contributed by atoms with Gasteiger partial charge < -0.3 is 10.6 Å². The topological polar surface area (TPSA) is 67.2 Å². The molecule has 1 aliphatic heterocycles. The van der Waals surface area contributed by atoms with Gasteiger partial charge in [-0.3, -0.25) is 10.1 Å². The van der Waals surface area contributed by atoms with Gasteiger partial charge in [-0.2, -0.15) is 0 Å². The van der Waals surface area contributed by atoms with Crippen molar-refractivity contribution in [3.63, 3.8) is 0 Å². The largest absolute Gasteiger partial charge is 0.377 e. The van der Waals surface area contributed by atoms with E-state index in [2.05, 4.69) is 10.6 Å². The third-order valence-electron chi connectivity index (χ3n) is 2.30. The lowest BCUT2D eigenvalue weighted by Gasteiger charge is -2.28. The van der Waals surface area contributed by atoms with E-state index in [1.54, 1.807) is 0 Å². The standard InChI is InChI=1S/C9H10FN3O2/c10-8-2-1-7(13(14)15)3-9(8)12-6-4-11-5-6/h1-3,6,11-12H,4-5H2. The molecular formula is C9H10FN3O2. The Hall–Kier alpha value is -1.69. The second-order valence-electron chi connectivity index (χ2n) is 3.42. The number of nitro benzene ring substituents is 1. The summed E-state index contributed by atoms with van der Waals surface area (Å²) in [4.78, 5) is 9.94. The molecule has 1 saturated heterocycles. The van der Waals surface area contributed by atoms with Crippen LogP contribution in [0.4, 0.5) is 15.8 Å². The zero-order valence-corrected chi connectivity index (χ0v) is 7.87. The number of non-ortho nitro benzene ring substituents is 1. The molecular weight excluding hydrogens is 201 g/mol. The van der Waals surface area contributed by atoms with Crippen molar-refractivity contribution in [2.45, 2.75) is 6.04 Å². The highest BCUT2D eigenvalue weighted by Gasteiger charge is 2.19. The van der Waals surface area contributed by atoms with Crippen molar-refractivity contribution in [3.8, 4) is 0 Å². The Kier molecular flexibility index (Phi) is 2.51. The lowest BCUT2D eigenvalue weighted by molar-refractivity contribution is -0.384. The number of anilines is 1. The molecule has 0 spiro atoms. The first-order chi connectivity index (χ1) is 7.16. The fourth-order valence-electron chi connectivity index (χ4n) is 1.35. The van der Waals surface area contributed by atoms with E-state index in [0.29, 0.717) is 0 Å². The summed E-state index contributed by atoms with van der Waals surface area (Å²) in [5.41, 5.74) is 0.0851. The molecule has 2 rings (SSSR count). The summed E-state index contributed by atoms with van der Waals surface area (Å²) in [6.45, 7) is 1.50. The molecule has 80 valence electrons. The molecule has 1 aliphatic rings. The number of nitro groups is 1. The Morgan fingerprint density at radius 1 is 1.53 bits per heavy atom. The number of benzene rings is 1. The Balaban J connectivity index is 2.19. The highest BCUT2D eigenvalue weighted by Crippen LogP contribution is 2.22. The number of hydrogen-bond donors (Lipinski definition) is 2. The lowest BCUT2D eigenvalue weighted by atomic mass is 10.1. The van der Waals surface area contributed by atoms with Gasteiger partial charge in [-0.15, -0.1) is 0 Å². The highest BCUT2D eigenvalue weighted by molar-refractivity contribution is 5.53. The van der Waals surface area contributed by atoms with E-state index in [4.69, 9.17) is 0 Å². The molecule has 1 aromatic rings. The molecule has 0 atom stereocenters. The minimum atomic E-state index is -0.538. The van der Waals surface area contributed by atoms with Crippen LogP contribution < -0.4 is 10.6 Å². The van der Waals surface area contributed by atoms with Crippen molar-refractivity contribution in [1.29, 1.82) is 0 Å². The molecule has 1 fully saturated rings. The van der Waals surface area contributed by atoms with Gasteiger partial charge in [-0.1, -0.05) is 0 Å². The van der Waals surface area contributed by atoms with Gasteiger partial charge in [0.2, 0.25) is 0 Å². The molecule has 0 bridgehead atoms. The summed E-state index contributed by atoms with van der Waals surface area (Å²) >= 11 is 0. The van der Waals surface area contributed by atoms with E-state index in [1.165, 1.54) is 6.07 Å².